The number of aryl methyl sites for hydroxylation is 3. The van der Waals surface area contributed by atoms with Gasteiger partial charge < -0.3 is 19.6 Å². The van der Waals surface area contributed by atoms with Gasteiger partial charge in [-0.2, -0.15) is 0 Å². The molecule has 0 fully saturated rings. The number of furan rings is 1. The lowest BCUT2D eigenvalue weighted by molar-refractivity contribution is -0.122. The molecule has 0 spiro atoms. The molecular weight excluding hydrogens is 306 g/mol. The summed E-state index contributed by atoms with van der Waals surface area (Å²) in [5.41, 5.74) is 1.12. The van der Waals surface area contributed by atoms with Crippen LogP contribution in [0.25, 0.3) is 0 Å². The van der Waals surface area contributed by atoms with Crippen LogP contribution in [0, 0.1) is 20.8 Å². The first-order valence-electron chi connectivity index (χ1n) is 8.04. The summed E-state index contributed by atoms with van der Waals surface area (Å²) in [6.07, 6.45) is 0.222. The zero-order valence-corrected chi connectivity index (χ0v) is 14.7. The molecule has 0 saturated heterocycles. The van der Waals surface area contributed by atoms with E-state index in [0.29, 0.717) is 5.76 Å². The number of benzene rings is 1. The van der Waals surface area contributed by atoms with Gasteiger partial charge >= 0.3 is 0 Å². The van der Waals surface area contributed by atoms with E-state index in [9.17, 15) is 9.90 Å². The molecule has 1 atom stereocenters. The second kappa shape index (κ2) is 7.53. The van der Waals surface area contributed by atoms with Crippen molar-refractivity contribution in [1.29, 1.82) is 0 Å². The lowest BCUT2D eigenvalue weighted by Gasteiger charge is -2.21. The largest absolute Gasteiger partial charge is 0.493 e. The van der Waals surface area contributed by atoms with Gasteiger partial charge in [-0.25, -0.2) is 0 Å². The summed E-state index contributed by atoms with van der Waals surface area (Å²) in [4.78, 5) is 11.9. The fraction of sp³-hybridized carbons (Fsp3) is 0.421. The van der Waals surface area contributed by atoms with Gasteiger partial charge in [0.15, 0.2) is 0 Å². The van der Waals surface area contributed by atoms with E-state index in [1.165, 1.54) is 5.56 Å². The Morgan fingerprint density at radius 2 is 1.96 bits per heavy atom. The molecule has 1 aromatic carbocycles. The summed E-state index contributed by atoms with van der Waals surface area (Å²) in [6.45, 7) is 7.85. The van der Waals surface area contributed by atoms with Crippen LogP contribution in [-0.2, 0) is 10.4 Å². The summed E-state index contributed by atoms with van der Waals surface area (Å²) in [5.74, 6) is 1.73. The number of hydrogen-bond acceptors (Lipinski definition) is 4. The summed E-state index contributed by atoms with van der Waals surface area (Å²) in [6, 6.07) is 9.34. The maximum atomic E-state index is 11.9. The Morgan fingerprint density at radius 3 is 2.58 bits per heavy atom. The van der Waals surface area contributed by atoms with E-state index in [1.807, 2.05) is 39.0 Å². The molecule has 0 saturated carbocycles. The number of rotatable bonds is 7. The minimum Gasteiger partial charge on any atom is -0.493 e. The van der Waals surface area contributed by atoms with Crippen LogP contribution in [0.1, 0.15) is 36.0 Å². The van der Waals surface area contributed by atoms with Crippen LogP contribution in [0.4, 0.5) is 0 Å². The normalized spacial score (nSPS) is 13.4. The molecule has 2 rings (SSSR count). The third kappa shape index (κ3) is 4.86. The summed E-state index contributed by atoms with van der Waals surface area (Å²) < 4.78 is 11.0. The first kappa shape index (κ1) is 18.1. The molecule has 24 heavy (non-hydrogen) atoms. The van der Waals surface area contributed by atoms with Crippen LogP contribution in [-0.4, -0.2) is 24.2 Å². The second-order valence-electron chi connectivity index (χ2n) is 6.31. The number of nitrogens with one attached hydrogen (secondary N) is 1. The third-order valence-electron chi connectivity index (χ3n) is 3.98. The Balaban J connectivity index is 1.76. The smallest absolute Gasteiger partial charge is 0.223 e. The van der Waals surface area contributed by atoms with Gasteiger partial charge in [-0.05, 0) is 63.1 Å². The molecule has 1 heterocycles. The van der Waals surface area contributed by atoms with Gasteiger partial charge in [-0.3, -0.25) is 4.79 Å². The van der Waals surface area contributed by atoms with E-state index in [1.54, 1.807) is 19.1 Å². The fourth-order valence-electron chi connectivity index (χ4n) is 2.24. The Labute approximate surface area is 142 Å². The molecule has 1 unspecified atom stereocenters. The predicted octanol–water partition coefficient (Wildman–Crippen LogP) is 3.00. The van der Waals surface area contributed by atoms with Crippen molar-refractivity contribution in [2.45, 2.75) is 39.7 Å². The molecule has 2 aromatic rings. The molecule has 0 radical (unpaired) electrons. The topological polar surface area (TPSA) is 71.7 Å². The van der Waals surface area contributed by atoms with Crippen LogP contribution in [0.15, 0.2) is 34.7 Å². The van der Waals surface area contributed by atoms with Crippen molar-refractivity contribution < 1.29 is 19.1 Å². The number of carbonyl (C=O) groups is 1. The van der Waals surface area contributed by atoms with Crippen molar-refractivity contribution in [3.63, 3.8) is 0 Å². The predicted molar refractivity (Wildman–Crippen MR) is 92.1 cm³/mol. The van der Waals surface area contributed by atoms with Gasteiger partial charge in [-0.15, -0.1) is 0 Å². The highest BCUT2D eigenvalue weighted by molar-refractivity contribution is 5.76. The average Bonchev–Trinajstić information content (AvgIpc) is 2.96. The third-order valence-corrected chi connectivity index (χ3v) is 3.98. The zero-order valence-electron chi connectivity index (χ0n) is 14.7. The van der Waals surface area contributed by atoms with Crippen molar-refractivity contribution in [2.24, 2.45) is 0 Å². The zero-order chi connectivity index (χ0) is 17.7. The molecule has 5 nitrogen and oxygen atoms in total. The van der Waals surface area contributed by atoms with Crippen molar-refractivity contribution in [2.75, 3.05) is 13.2 Å². The lowest BCUT2D eigenvalue weighted by Crippen LogP contribution is -2.38. The summed E-state index contributed by atoms with van der Waals surface area (Å²) in [5, 5.41) is 13.1. The van der Waals surface area contributed by atoms with Gasteiger partial charge in [-0.1, -0.05) is 6.07 Å². The molecular formula is C19H25NO4. The molecule has 5 heteroatoms. The molecule has 0 aliphatic rings. The number of ether oxygens (including phenoxy) is 1. The molecule has 130 valence electrons. The van der Waals surface area contributed by atoms with Crippen LogP contribution >= 0.6 is 0 Å². The quantitative estimate of drug-likeness (QED) is 0.818. The summed E-state index contributed by atoms with van der Waals surface area (Å²) in [7, 11) is 0. The van der Waals surface area contributed by atoms with Crippen molar-refractivity contribution in [1.82, 2.24) is 5.32 Å². The number of aliphatic hydroxyl groups is 1. The first-order chi connectivity index (χ1) is 11.3. The lowest BCUT2D eigenvalue weighted by atomic mass is 10.0. The maximum absolute atomic E-state index is 11.9. The first-order valence-corrected chi connectivity index (χ1v) is 8.04. The minimum absolute atomic E-state index is 0.0857. The Morgan fingerprint density at radius 1 is 1.21 bits per heavy atom. The fourth-order valence-corrected chi connectivity index (χ4v) is 2.24. The van der Waals surface area contributed by atoms with E-state index in [2.05, 4.69) is 5.32 Å². The monoisotopic (exact) mass is 331 g/mol. The number of hydrogen-bond donors (Lipinski definition) is 2. The maximum Gasteiger partial charge on any atom is 0.223 e. The summed E-state index contributed by atoms with van der Waals surface area (Å²) >= 11 is 0. The Kier molecular flexibility index (Phi) is 5.67. The van der Waals surface area contributed by atoms with Crippen LogP contribution in [0.3, 0.4) is 0 Å². The molecule has 0 aliphatic heterocycles. The van der Waals surface area contributed by atoms with Gasteiger partial charge in [0.25, 0.3) is 0 Å². The molecule has 1 aromatic heterocycles. The highest BCUT2D eigenvalue weighted by Gasteiger charge is 2.27. The molecule has 0 bridgehead atoms. The van der Waals surface area contributed by atoms with Gasteiger partial charge in [0.05, 0.1) is 19.6 Å². The highest BCUT2D eigenvalue weighted by Crippen LogP contribution is 2.22. The Hall–Kier alpha value is -2.27. The van der Waals surface area contributed by atoms with Gasteiger partial charge in [0.1, 0.15) is 22.9 Å². The van der Waals surface area contributed by atoms with Gasteiger partial charge in [0.2, 0.25) is 5.91 Å². The van der Waals surface area contributed by atoms with E-state index >= 15 is 0 Å². The number of amides is 1. The molecule has 0 aliphatic carbocycles. The standard InChI is InChI=1S/C19H25NO4/c1-13-5-7-16(11-14(13)2)23-10-9-18(21)20-12-19(4,22)17-8-6-15(3)24-17/h5-8,11,22H,9-10,12H2,1-4H3,(H,20,21). The molecule has 1 amide bonds. The van der Waals surface area contributed by atoms with Crippen molar-refractivity contribution in [3.8, 4) is 5.75 Å². The van der Waals surface area contributed by atoms with Crippen molar-refractivity contribution in [3.05, 3.63) is 53.0 Å². The van der Waals surface area contributed by atoms with E-state index in [-0.39, 0.29) is 25.5 Å². The number of carbonyl (C=O) groups excluding carboxylic acids is 1. The highest BCUT2D eigenvalue weighted by atomic mass is 16.5. The Bertz CT molecular complexity index is 703. The minimum atomic E-state index is -1.24. The van der Waals surface area contributed by atoms with Gasteiger partial charge in [0, 0.05) is 0 Å². The van der Waals surface area contributed by atoms with E-state index in [0.717, 1.165) is 17.1 Å². The van der Waals surface area contributed by atoms with E-state index < -0.39 is 5.60 Å². The molecule has 2 N–H and O–H groups in total. The average molecular weight is 331 g/mol. The SMILES string of the molecule is Cc1ccc(C(C)(O)CNC(=O)CCOc2ccc(C)c(C)c2)o1. The second-order valence-corrected chi connectivity index (χ2v) is 6.31. The van der Waals surface area contributed by atoms with E-state index in [4.69, 9.17) is 9.15 Å². The van der Waals surface area contributed by atoms with Crippen molar-refractivity contribution >= 4 is 5.91 Å². The van der Waals surface area contributed by atoms with Crippen LogP contribution in [0.5, 0.6) is 5.75 Å². The van der Waals surface area contributed by atoms with Crippen LogP contribution < -0.4 is 10.1 Å². The van der Waals surface area contributed by atoms with Crippen LogP contribution in [0.2, 0.25) is 0 Å².